The average Bonchev–Trinajstić information content (AvgIpc) is 3.01. The van der Waals surface area contributed by atoms with Gasteiger partial charge in [0.2, 0.25) is 0 Å². The van der Waals surface area contributed by atoms with Crippen molar-refractivity contribution in [3.05, 3.63) is 29.5 Å². The second-order valence-corrected chi connectivity index (χ2v) is 7.24. The minimum atomic E-state index is -0.0236. The number of halogens is 1. The number of rotatable bonds is 5. The number of carbonyl (C=O) groups is 1. The summed E-state index contributed by atoms with van der Waals surface area (Å²) in [5, 5.41) is 12.0. The molecular weight excluding hydrogens is 352 g/mol. The Labute approximate surface area is 160 Å². The molecule has 6 nitrogen and oxygen atoms in total. The van der Waals surface area contributed by atoms with Gasteiger partial charge >= 0.3 is 0 Å². The molecule has 0 bridgehead atoms. The second-order valence-electron chi connectivity index (χ2n) is 7.24. The van der Waals surface area contributed by atoms with Crippen molar-refractivity contribution in [1.82, 2.24) is 20.4 Å². The highest BCUT2D eigenvalue weighted by Gasteiger charge is 2.20. The lowest BCUT2D eigenvalue weighted by atomic mass is 10.0. The molecule has 2 N–H and O–H groups in total. The zero-order chi connectivity index (χ0) is 17.2. The van der Waals surface area contributed by atoms with Gasteiger partial charge in [-0.15, -0.1) is 12.4 Å². The fourth-order valence-corrected chi connectivity index (χ4v) is 3.63. The summed E-state index contributed by atoms with van der Waals surface area (Å²) >= 11 is 0. The molecule has 26 heavy (non-hydrogen) atoms. The summed E-state index contributed by atoms with van der Waals surface area (Å²) in [5.74, 6) is 0.636. The van der Waals surface area contributed by atoms with Crippen LogP contribution < -0.4 is 10.6 Å². The highest BCUT2D eigenvalue weighted by Crippen LogP contribution is 2.22. The Morgan fingerprint density at radius 2 is 2.23 bits per heavy atom. The van der Waals surface area contributed by atoms with E-state index in [1.54, 1.807) is 0 Å². The first-order valence-electron chi connectivity index (χ1n) is 9.28. The Morgan fingerprint density at radius 1 is 1.38 bits per heavy atom. The molecule has 7 heteroatoms. The minimum absolute atomic E-state index is 0. The maximum Gasteiger partial charge on any atom is 0.251 e. The van der Waals surface area contributed by atoms with E-state index in [9.17, 15) is 4.79 Å². The van der Waals surface area contributed by atoms with E-state index in [0.29, 0.717) is 12.5 Å². The molecule has 0 saturated carbocycles. The standard InChI is InChI=1S/C19H26N4O2.ClH/c1-13-16(19(24)21-10-15-4-2-3-7-25-15)5-6-18-17(13)12-23(22-18)11-14-8-20-9-14;/h5-6,12,14-15,20H,2-4,7-11H2,1H3,(H,21,24);1H. The Balaban J connectivity index is 0.00000196. The van der Waals surface area contributed by atoms with Crippen LogP contribution in [0, 0.1) is 12.8 Å². The van der Waals surface area contributed by atoms with Gasteiger partial charge in [0.05, 0.1) is 11.6 Å². The largest absolute Gasteiger partial charge is 0.376 e. The van der Waals surface area contributed by atoms with Crippen molar-refractivity contribution in [1.29, 1.82) is 0 Å². The summed E-state index contributed by atoms with van der Waals surface area (Å²) in [4.78, 5) is 12.6. The third kappa shape index (κ3) is 4.03. The topological polar surface area (TPSA) is 68.2 Å². The van der Waals surface area contributed by atoms with Gasteiger partial charge in [0.25, 0.3) is 5.91 Å². The lowest BCUT2D eigenvalue weighted by Crippen LogP contribution is -2.44. The zero-order valence-electron chi connectivity index (χ0n) is 15.2. The third-order valence-electron chi connectivity index (χ3n) is 5.33. The van der Waals surface area contributed by atoms with Gasteiger partial charge in [-0.1, -0.05) is 0 Å². The van der Waals surface area contributed by atoms with E-state index >= 15 is 0 Å². The first-order valence-corrected chi connectivity index (χ1v) is 9.28. The van der Waals surface area contributed by atoms with Gasteiger partial charge in [-0.25, -0.2) is 0 Å². The van der Waals surface area contributed by atoms with Gasteiger partial charge in [-0.05, 0) is 43.9 Å². The summed E-state index contributed by atoms with van der Waals surface area (Å²) in [6, 6.07) is 3.83. The van der Waals surface area contributed by atoms with Crippen molar-refractivity contribution >= 4 is 29.2 Å². The summed E-state index contributed by atoms with van der Waals surface area (Å²) in [5.41, 5.74) is 2.68. The molecule has 0 radical (unpaired) electrons. The van der Waals surface area contributed by atoms with Gasteiger partial charge in [-0.2, -0.15) is 5.10 Å². The van der Waals surface area contributed by atoms with Crippen molar-refractivity contribution in [2.24, 2.45) is 5.92 Å². The number of nitrogens with zero attached hydrogens (tertiary/aromatic N) is 2. The fourth-order valence-electron chi connectivity index (χ4n) is 3.63. The van der Waals surface area contributed by atoms with Gasteiger partial charge < -0.3 is 15.4 Å². The number of amides is 1. The van der Waals surface area contributed by atoms with E-state index in [1.807, 2.05) is 23.7 Å². The van der Waals surface area contributed by atoms with Crippen LogP contribution in [0.3, 0.4) is 0 Å². The van der Waals surface area contributed by atoms with Crippen molar-refractivity contribution in [3.63, 3.8) is 0 Å². The van der Waals surface area contributed by atoms with Crippen molar-refractivity contribution in [3.8, 4) is 0 Å². The van der Waals surface area contributed by atoms with E-state index in [0.717, 1.165) is 61.1 Å². The van der Waals surface area contributed by atoms with E-state index < -0.39 is 0 Å². The van der Waals surface area contributed by atoms with Crippen molar-refractivity contribution in [2.75, 3.05) is 26.2 Å². The van der Waals surface area contributed by atoms with E-state index in [2.05, 4.69) is 21.9 Å². The monoisotopic (exact) mass is 378 g/mol. The lowest BCUT2D eigenvalue weighted by Gasteiger charge is -2.26. The number of nitrogens with one attached hydrogen (secondary N) is 2. The summed E-state index contributed by atoms with van der Waals surface area (Å²) < 4.78 is 7.70. The molecule has 2 aromatic rings. The normalized spacial score (nSPS) is 20.4. The van der Waals surface area contributed by atoms with Crippen LogP contribution in [0.25, 0.3) is 10.9 Å². The van der Waals surface area contributed by atoms with Crippen molar-refractivity contribution < 1.29 is 9.53 Å². The van der Waals surface area contributed by atoms with Crippen LogP contribution in [0.5, 0.6) is 0 Å². The Bertz CT molecular complexity index is 766. The number of carbonyl (C=O) groups excluding carboxylic acids is 1. The quantitative estimate of drug-likeness (QED) is 0.837. The first kappa shape index (κ1) is 19.1. The third-order valence-corrected chi connectivity index (χ3v) is 5.33. The number of ether oxygens (including phenoxy) is 1. The van der Waals surface area contributed by atoms with Crippen LogP contribution in [0.15, 0.2) is 18.3 Å². The molecule has 4 rings (SSSR count). The second kappa shape index (κ2) is 8.37. The number of hydrogen-bond donors (Lipinski definition) is 2. The Hall–Kier alpha value is -1.63. The molecule has 3 heterocycles. The zero-order valence-corrected chi connectivity index (χ0v) is 16.0. The SMILES string of the molecule is Cc1c(C(=O)NCC2CCCCO2)ccc2nn(CC3CNC3)cc12.Cl. The number of benzene rings is 1. The molecule has 0 spiro atoms. The Morgan fingerprint density at radius 3 is 2.92 bits per heavy atom. The van der Waals surface area contributed by atoms with Crippen LogP contribution in [0.2, 0.25) is 0 Å². The predicted molar refractivity (Wildman–Crippen MR) is 104 cm³/mol. The molecule has 2 fully saturated rings. The van der Waals surface area contributed by atoms with E-state index in [1.165, 1.54) is 6.42 Å². The molecule has 1 aromatic heterocycles. The summed E-state index contributed by atoms with van der Waals surface area (Å²) in [6.07, 6.45) is 5.56. The maximum absolute atomic E-state index is 12.6. The highest BCUT2D eigenvalue weighted by molar-refractivity contribution is 6.00. The first-order chi connectivity index (χ1) is 12.2. The number of fused-ring (bicyclic) bond motifs is 1. The lowest BCUT2D eigenvalue weighted by molar-refractivity contribution is 0.0169. The number of aromatic nitrogens is 2. The number of aryl methyl sites for hydroxylation is 1. The van der Waals surface area contributed by atoms with E-state index in [4.69, 9.17) is 4.74 Å². The smallest absolute Gasteiger partial charge is 0.251 e. The van der Waals surface area contributed by atoms with Crippen LogP contribution in [0.1, 0.15) is 35.2 Å². The van der Waals surface area contributed by atoms with Crippen LogP contribution in [-0.4, -0.2) is 48.0 Å². The van der Waals surface area contributed by atoms with Gasteiger partial charge in [0, 0.05) is 55.9 Å². The molecule has 1 aromatic carbocycles. The van der Waals surface area contributed by atoms with Gasteiger partial charge in [0.15, 0.2) is 0 Å². The fraction of sp³-hybridized carbons (Fsp3) is 0.579. The molecule has 0 aliphatic carbocycles. The van der Waals surface area contributed by atoms with Crippen molar-refractivity contribution in [2.45, 2.75) is 38.8 Å². The van der Waals surface area contributed by atoms with Crippen LogP contribution in [0.4, 0.5) is 0 Å². The molecule has 2 saturated heterocycles. The van der Waals surface area contributed by atoms with E-state index in [-0.39, 0.29) is 24.4 Å². The summed E-state index contributed by atoms with van der Waals surface area (Å²) in [6.45, 7) is 6.45. The molecule has 142 valence electrons. The highest BCUT2D eigenvalue weighted by atomic mass is 35.5. The molecule has 2 aliphatic heterocycles. The van der Waals surface area contributed by atoms with Gasteiger partial charge in [0.1, 0.15) is 0 Å². The minimum Gasteiger partial charge on any atom is -0.376 e. The Kier molecular flexibility index (Phi) is 6.16. The summed E-state index contributed by atoms with van der Waals surface area (Å²) in [7, 11) is 0. The van der Waals surface area contributed by atoms with Crippen LogP contribution >= 0.6 is 12.4 Å². The molecular formula is C19H27ClN4O2. The maximum atomic E-state index is 12.6. The molecule has 1 amide bonds. The molecule has 1 atom stereocenters. The number of hydrogen-bond acceptors (Lipinski definition) is 4. The average molecular weight is 379 g/mol. The predicted octanol–water partition coefficient (Wildman–Crippen LogP) is 2.28. The molecule has 2 aliphatic rings. The van der Waals surface area contributed by atoms with Gasteiger partial charge in [-0.3, -0.25) is 9.48 Å². The molecule has 1 unspecified atom stereocenters. The van der Waals surface area contributed by atoms with Crippen LogP contribution in [-0.2, 0) is 11.3 Å².